The van der Waals surface area contributed by atoms with Crippen molar-refractivity contribution in [3.63, 3.8) is 0 Å². The second kappa shape index (κ2) is 5.06. The third-order valence-electron chi connectivity index (χ3n) is 2.50. The molecule has 1 nitrogen and oxygen atoms in total. The van der Waals surface area contributed by atoms with Crippen LogP contribution in [0, 0.1) is 12.7 Å². The lowest BCUT2D eigenvalue weighted by Gasteiger charge is -2.12. The zero-order valence-electron chi connectivity index (χ0n) is 9.01. The van der Waals surface area contributed by atoms with E-state index in [9.17, 15) is 4.39 Å². The molecule has 90 valence electrons. The van der Waals surface area contributed by atoms with Gasteiger partial charge in [-0.3, -0.25) is 0 Å². The van der Waals surface area contributed by atoms with Gasteiger partial charge < -0.3 is 5.73 Å². The quantitative estimate of drug-likeness (QED) is 0.849. The monoisotopic (exact) mass is 333 g/mol. The molecule has 0 spiro atoms. The van der Waals surface area contributed by atoms with Crippen molar-refractivity contribution < 1.29 is 4.39 Å². The number of thiophene rings is 1. The molecule has 0 aliphatic rings. The summed E-state index contributed by atoms with van der Waals surface area (Å²) >= 11 is 10.9. The largest absolute Gasteiger partial charge is 0.319 e. The number of rotatable bonds is 2. The molecule has 2 N–H and O–H groups in total. The standard InChI is InChI=1S/C12H10BrClFNS/c1-6-5-17-12(10(6)14)11(16)8-4-7(13)2-3-9(8)15/h2-5,11H,16H2,1H3. The van der Waals surface area contributed by atoms with Crippen LogP contribution in [0.25, 0.3) is 0 Å². The highest BCUT2D eigenvalue weighted by Gasteiger charge is 2.19. The maximum atomic E-state index is 13.7. The minimum Gasteiger partial charge on any atom is -0.319 e. The Morgan fingerprint density at radius 2 is 2.18 bits per heavy atom. The van der Waals surface area contributed by atoms with E-state index in [1.807, 2.05) is 12.3 Å². The highest BCUT2D eigenvalue weighted by atomic mass is 79.9. The highest BCUT2D eigenvalue weighted by molar-refractivity contribution is 9.10. The summed E-state index contributed by atoms with van der Waals surface area (Å²) in [6, 6.07) is 4.20. The van der Waals surface area contributed by atoms with Crippen LogP contribution in [-0.2, 0) is 0 Å². The van der Waals surface area contributed by atoms with Crippen LogP contribution in [0.3, 0.4) is 0 Å². The van der Waals surface area contributed by atoms with E-state index in [4.69, 9.17) is 17.3 Å². The number of hydrogen-bond donors (Lipinski definition) is 1. The Morgan fingerprint density at radius 1 is 1.47 bits per heavy atom. The van der Waals surface area contributed by atoms with E-state index in [-0.39, 0.29) is 5.82 Å². The average molecular weight is 335 g/mol. The second-order valence-corrected chi connectivity index (χ2v) is 5.95. The third-order valence-corrected chi connectivity index (χ3v) is 4.79. The van der Waals surface area contributed by atoms with Crippen molar-refractivity contribution in [2.45, 2.75) is 13.0 Å². The minimum absolute atomic E-state index is 0.317. The summed E-state index contributed by atoms with van der Waals surface area (Å²) in [5.74, 6) is -0.317. The Kier molecular flexibility index (Phi) is 3.88. The number of benzene rings is 1. The van der Waals surface area contributed by atoms with E-state index >= 15 is 0 Å². The molecule has 17 heavy (non-hydrogen) atoms. The van der Waals surface area contributed by atoms with Crippen molar-refractivity contribution >= 4 is 38.9 Å². The lowest BCUT2D eigenvalue weighted by atomic mass is 10.1. The van der Waals surface area contributed by atoms with Crippen molar-refractivity contribution in [2.75, 3.05) is 0 Å². The molecule has 1 heterocycles. The Morgan fingerprint density at radius 3 is 2.76 bits per heavy atom. The van der Waals surface area contributed by atoms with Crippen molar-refractivity contribution in [3.8, 4) is 0 Å². The summed E-state index contributed by atoms with van der Waals surface area (Å²) in [4.78, 5) is 0.793. The molecule has 0 bridgehead atoms. The molecular weight excluding hydrogens is 325 g/mol. The summed E-state index contributed by atoms with van der Waals surface area (Å²) < 4.78 is 14.5. The van der Waals surface area contributed by atoms with E-state index < -0.39 is 6.04 Å². The third kappa shape index (κ3) is 2.55. The van der Waals surface area contributed by atoms with Crippen LogP contribution in [0.4, 0.5) is 4.39 Å². The van der Waals surface area contributed by atoms with Gasteiger partial charge in [-0.2, -0.15) is 0 Å². The molecule has 1 unspecified atom stereocenters. The normalized spacial score (nSPS) is 12.8. The van der Waals surface area contributed by atoms with Gasteiger partial charge in [0.1, 0.15) is 5.82 Å². The van der Waals surface area contributed by atoms with Gasteiger partial charge in [0.15, 0.2) is 0 Å². The minimum atomic E-state index is -0.529. The predicted molar refractivity (Wildman–Crippen MR) is 74.2 cm³/mol. The van der Waals surface area contributed by atoms with Gasteiger partial charge in [0, 0.05) is 14.9 Å². The lowest BCUT2D eigenvalue weighted by Crippen LogP contribution is -2.12. The molecule has 5 heteroatoms. The second-order valence-electron chi connectivity index (χ2n) is 3.74. The van der Waals surface area contributed by atoms with Gasteiger partial charge in [0.2, 0.25) is 0 Å². The van der Waals surface area contributed by atoms with E-state index in [0.717, 1.165) is 14.9 Å². The van der Waals surface area contributed by atoms with Crippen LogP contribution >= 0.6 is 38.9 Å². The van der Waals surface area contributed by atoms with Crippen molar-refractivity contribution in [1.29, 1.82) is 0 Å². The van der Waals surface area contributed by atoms with Crippen molar-refractivity contribution in [3.05, 3.63) is 54.9 Å². The number of hydrogen-bond acceptors (Lipinski definition) is 2. The van der Waals surface area contributed by atoms with E-state index in [2.05, 4.69) is 15.9 Å². The van der Waals surface area contributed by atoms with Crippen LogP contribution in [0.5, 0.6) is 0 Å². The fourth-order valence-corrected chi connectivity index (χ4v) is 3.26. The summed E-state index contributed by atoms with van der Waals surface area (Å²) in [6.45, 7) is 1.91. The van der Waals surface area contributed by atoms with Gasteiger partial charge >= 0.3 is 0 Å². The Balaban J connectivity index is 2.47. The Bertz CT molecular complexity index is 555. The first-order valence-electron chi connectivity index (χ1n) is 4.94. The fraction of sp³-hybridized carbons (Fsp3) is 0.167. The summed E-state index contributed by atoms with van der Waals surface area (Å²) in [7, 11) is 0. The molecule has 1 atom stereocenters. The van der Waals surface area contributed by atoms with Gasteiger partial charge in [-0.15, -0.1) is 11.3 Å². The van der Waals surface area contributed by atoms with E-state index in [1.54, 1.807) is 12.1 Å². The van der Waals surface area contributed by atoms with Crippen molar-refractivity contribution in [2.24, 2.45) is 5.73 Å². The predicted octanol–water partition coefficient (Wildman–Crippen LogP) is 4.66. The summed E-state index contributed by atoms with van der Waals surface area (Å²) in [5, 5.41) is 2.55. The van der Waals surface area contributed by atoms with E-state index in [1.165, 1.54) is 17.4 Å². The smallest absolute Gasteiger partial charge is 0.128 e. The lowest BCUT2D eigenvalue weighted by molar-refractivity contribution is 0.600. The van der Waals surface area contributed by atoms with Gasteiger partial charge in [-0.05, 0) is 36.1 Å². The molecule has 0 saturated heterocycles. The molecule has 0 aliphatic carbocycles. The molecule has 0 fully saturated rings. The van der Waals surface area contributed by atoms with Crippen molar-refractivity contribution in [1.82, 2.24) is 0 Å². The first-order chi connectivity index (χ1) is 8.00. The van der Waals surface area contributed by atoms with Crippen LogP contribution in [0.2, 0.25) is 5.02 Å². The zero-order chi connectivity index (χ0) is 12.6. The molecule has 0 radical (unpaired) electrons. The van der Waals surface area contributed by atoms with Crippen LogP contribution in [0.15, 0.2) is 28.1 Å². The SMILES string of the molecule is Cc1csc(C(N)c2cc(Br)ccc2F)c1Cl. The van der Waals surface area contributed by atoms with Gasteiger partial charge in [-0.1, -0.05) is 27.5 Å². The maximum absolute atomic E-state index is 13.7. The average Bonchev–Trinajstić information content (AvgIpc) is 2.62. The summed E-state index contributed by atoms with van der Waals surface area (Å²) in [5.41, 5.74) is 7.48. The number of aryl methyl sites for hydroxylation is 1. The molecule has 2 aromatic rings. The van der Waals surface area contributed by atoms with Gasteiger partial charge in [0.25, 0.3) is 0 Å². The van der Waals surface area contributed by atoms with Gasteiger partial charge in [0.05, 0.1) is 11.1 Å². The van der Waals surface area contributed by atoms with Crippen LogP contribution in [-0.4, -0.2) is 0 Å². The molecule has 1 aromatic heterocycles. The molecule has 0 aliphatic heterocycles. The van der Waals surface area contributed by atoms with Crippen LogP contribution < -0.4 is 5.73 Å². The molecule has 0 saturated carbocycles. The maximum Gasteiger partial charge on any atom is 0.128 e. The van der Waals surface area contributed by atoms with Crippen LogP contribution in [0.1, 0.15) is 22.0 Å². The molecular formula is C12H10BrClFNS. The topological polar surface area (TPSA) is 26.0 Å². The zero-order valence-corrected chi connectivity index (χ0v) is 12.2. The Hall–Kier alpha value is -0.420. The van der Waals surface area contributed by atoms with E-state index in [0.29, 0.717) is 10.6 Å². The number of nitrogens with two attached hydrogens (primary N) is 1. The Labute approximate surface area is 117 Å². The number of halogens is 3. The first-order valence-corrected chi connectivity index (χ1v) is 6.99. The molecule has 1 aromatic carbocycles. The first kappa shape index (κ1) is 13.0. The van der Waals surface area contributed by atoms with Gasteiger partial charge in [-0.25, -0.2) is 4.39 Å². The fourth-order valence-electron chi connectivity index (χ4n) is 1.55. The summed E-state index contributed by atoms with van der Waals surface area (Å²) in [6.07, 6.45) is 0. The molecule has 0 amide bonds. The highest BCUT2D eigenvalue weighted by Crippen LogP contribution is 2.35. The molecule has 2 rings (SSSR count).